The maximum absolute atomic E-state index is 12.3. The van der Waals surface area contributed by atoms with Crippen LogP contribution in [0.25, 0.3) is 0 Å². The van der Waals surface area contributed by atoms with Crippen molar-refractivity contribution in [3.8, 4) is 0 Å². The molecule has 0 radical (unpaired) electrons. The van der Waals surface area contributed by atoms with E-state index in [2.05, 4.69) is 41.2 Å². The predicted molar refractivity (Wildman–Crippen MR) is 64.7 cm³/mol. The molecule has 0 bridgehead atoms. The van der Waals surface area contributed by atoms with Crippen LogP contribution in [0.15, 0.2) is 12.7 Å². The Bertz CT molecular complexity index is 286. The normalized spacial score (nSPS) is 33.8. The van der Waals surface area contributed by atoms with Crippen molar-refractivity contribution in [2.45, 2.75) is 53.9 Å². The quantitative estimate of drug-likeness (QED) is 0.627. The molecule has 86 valence electrons. The van der Waals surface area contributed by atoms with E-state index in [0.29, 0.717) is 12.2 Å². The van der Waals surface area contributed by atoms with Crippen LogP contribution >= 0.6 is 0 Å². The lowest BCUT2D eigenvalue weighted by atomic mass is 9.51. The molecule has 0 aliphatic heterocycles. The lowest BCUT2D eigenvalue weighted by molar-refractivity contribution is -0.145. The van der Waals surface area contributed by atoms with Crippen LogP contribution < -0.4 is 0 Å². The second kappa shape index (κ2) is 3.47. The summed E-state index contributed by atoms with van der Waals surface area (Å²) in [5, 5.41) is 0. The molecule has 1 heteroatoms. The molecule has 0 aromatic heterocycles. The topological polar surface area (TPSA) is 17.1 Å². The van der Waals surface area contributed by atoms with E-state index in [4.69, 9.17) is 0 Å². The first-order valence-corrected chi connectivity index (χ1v) is 5.79. The van der Waals surface area contributed by atoms with E-state index in [1.54, 1.807) is 0 Å². The standard InChI is InChI=1S/C14H24O/c1-7-8-14(6)11(15)9-12(2,3)10-13(14,4)5/h7H,1,8-10H2,2-6H3/t14-/m0/s1. The van der Waals surface area contributed by atoms with Gasteiger partial charge in [-0.1, -0.05) is 40.7 Å². The summed E-state index contributed by atoms with van der Waals surface area (Å²) in [5.41, 5.74) is 0.00551. The highest BCUT2D eigenvalue weighted by molar-refractivity contribution is 5.87. The highest BCUT2D eigenvalue weighted by atomic mass is 16.1. The zero-order valence-electron chi connectivity index (χ0n) is 10.8. The molecule has 0 heterocycles. The molecule has 1 atom stereocenters. The van der Waals surface area contributed by atoms with Crippen LogP contribution in [0.3, 0.4) is 0 Å². The third-order valence-electron chi connectivity index (χ3n) is 4.22. The maximum Gasteiger partial charge on any atom is 0.140 e. The van der Waals surface area contributed by atoms with Gasteiger partial charge in [0.15, 0.2) is 0 Å². The fourth-order valence-corrected chi connectivity index (χ4v) is 3.14. The van der Waals surface area contributed by atoms with Gasteiger partial charge in [0.1, 0.15) is 5.78 Å². The molecule has 0 saturated heterocycles. The lowest BCUT2D eigenvalue weighted by Gasteiger charge is -2.52. The molecular formula is C14H24O. The Balaban J connectivity index is 3.09. The van der Waals surface area contributed by atoms with Gasteiger partial charge in [-0.15, -0.1) is 6.58 Å². The molecule has 0 amide bonds. The van der Waals surface area contributed by atoms with Crippen molar-refractivity contribution < 1.29 is 4.79 Å². The first-order valence-electron chi connectivity index (χ1n) is 5.79. The van der Waals surface area contributed by atoms with Gasteiger partial charge < -0.3 is 0 Å². The van der Waals surface area contributed by atoms with Crippen molar-refractivity contribution >= 4 is 5.78 Å². The molecule has 15 heavy (non-hydrogen) atoms. The summed E-state index contributed by atoms with van der Waals surface area (Å²) >= 11 is 0. The summed E-state index contributed by atoms with van der Waals surface area (Å²) in [6, 6.07) is 0. The minimum atomic E-state index is -0.218. The van der Waals surface area contributed by atoms with E-state index in [1.807, 2.05) is 6.08 Å². The van der Waals surface area contributed by atoms with Crippen LogP contribution in [-0.4, -0.2) is 5.78 Å². The number of Topliss-reactive ketones (excluding diaryl/α,β-unsaturated/α-hetero) is 1. The highest BCUT2D eigenvalue weighted by Gasteiger charge is 2.52. The zero-order valence-corrected chi connectivity index (χ0v) is 10.8. The van der Waals surface area contributed by atoms with Gasteiger partial charge in [0.2, 0.25) is 0 Å². The molecule has 1 aliphatic rings. The minimum absolute atomic E-state index is 0.0695. The van der Waals surface area contributed by atoms with Gasteiger partial charge in [0, 0.05) is 11.8 Å². The smallest absolute Gasteiger partial charge is 0.140 e. The molecule has 1 fully saturated rings. The molecule has 1 aliphatic carbocycles. The van der Waals surface area contributed by atoms with E-state index in [9.17, 15) is 4.79 Å². The van der Waals surface area contributed by atoms with Gasteiger partial charge in [0.25, 0.3) is 0 Å². The summed E-state index contributed by atoms with van der Waals surface area (Å²) in [6.45, 7) is 14.7. The van der Waals surface area contributed by atoms with Crippen LogP contribution in [0.5, 0.6) is 0 Å². The van der Waals surface area contributed by atoms with Crippen LogP contribution in [0.1, 0.15) is 53.9 Å². The maximum atomic E-state index is 12.3. The first-order chi connectivity index (χ1) is 6.65. The number of carbonyl (C=O) groups excluding carboxylic acids is 1. The first kappa shape index (κ1) is 12.5. The van der Waals surface area contributed by atoms with Crippen LogP contribution in [0, 0.1) is 16.2 Å². The van der Waals surface area contributed by atoms with E-state index < -0.39 is 0 Å². The van der Waals surface area contributed by atoms with Crippen LogP contribution in [0.4, 0.5) is 0 Å². The van der Waals surface area contributed by atoms with E-state index >= 15 is 0 Å². The van der Waals surface area contributed by atoms with Crippen molar-refractivity contribution in [2.24, 2.45) is 16.2 Å². The fourth-order valence-electron chi connectivity index (χ4n) is 3.14. The van der Waals surface area contributed by atoms with Gasteiger partial charge in [-0.3, -0.25) is 4.79 Å². The minimum Gasteiger partial charge on any atom is -0.299 e. The molecule has 1 saturated carbocycles. The number of rotatable bonds is 2. The number of hydrogen-bond acceptors (Lipinski definition) is 1. The monoisotopic (exact) mass is 208 g/mol. The van der Waals surface area contributed by atoms with Crippen molar-refractivity contribution in [1.82, 2.24) is 0 Å². The van der Waals surface area contributed by atoms with Gasteiger partial charge in [-0.05, 0) is 23.7 Å². The molecule has 1 nitrogen and oxygen atoms in total. The molecule has 0 aromatic carbocycles. The van der Waals surface area contributed by atoms with E-state index in [0.717, 1.165) is 12.8 Å². The van der Waals surface area contributed by atoms with Crippen LogP contribution in [-0.2, 0) is 4.79 Å². The summed E-state index contributed by atoms with van der Waals surface area (Å²) in [6.07, 6.45) is 4.50. The van der Waals surface area contributed by atoms with Gasteiger partial charge in [0.05, 0.1) is 0 Å². The Morgan fingerprint density at radius 2 is 1.80 bits per heavy atom. The van der Waals surface area contributed by atoms with Gasteiger partial charge >= 0.3 is 0 Å². The van der Waals surface area contributed by atoms with E-state index in [-0.39, 0.29) is 16.2 Å². The molecule has 0 spiro atoms. The van der Waals surface area contributed by atoms with Gasteiger partial charge in [-0.2, -0.15) is 0 Å². The predicted octanol–water partition coefficient (Wildman–Crippen LogP) is 3.98. The van der Waals surface area contributed by atoms with E-state index in [1.165, 1.54) is 0 Å². The third-order valence-corrected chi connectivity index (χ3v) is 4.22. The Labute approximate surface area is 93.9 Å². The van der Waals surface area contributed by atoms with Crippen molar-refractivity contribution in [2.75, 3.05) is 0 Å². The molecular weight excluding hydrogens is 184 g/mol. The number of ketones is 1. The van der Waals surface area contributed by atoms with Gasteiger partial charge in [-0.25, -0.2) is 0 Å². The third kappa shape index (κ3) is 2.02. The summed E-state index contributed by atoms with van der Waals surface area (Å²) < 4.78 is 0. The largest absolute Gasteiger partial charge is 0.299 e. The van der Waals surface area contributed by atoms with Crippen LogP contribution in [0.2, 0.25) is 0 Å². The van der Waals surface area contributed by atoms with Crippen molar-refractivity contribution in [3.63, 3.8) is 0 Å². The number of allylic oxidation sites excluding steroid dienone is 1. The highest BCUT2D eigenvalue weighted by Crippen LogP contribution is 2.55. The Kier molecular flexibility index (Phi) is 2.88. The second-order valence-electron chi connectivity index (χ2n) is 6.65. The lowest BCUT2D eigenvalue weighted by Crippen LogP contribution is -2.50. The summed E-state index contributed by atoms with van der Waals surface area (Å²) in [4.78, 5) is 12.3. The fraction of sp³-hybridized carbons (Fsp3) is 0.786. The molecule has 0 unspecified atom stereocenters. The Hall–Kier alpha value is -0.590. The molecule has 1 rings (SSSR count). The number of carbonyl (C=O) groups is 1. The zero-order chi connectivity index (χ0) is 11.9. The Morgan fingerprint density at radius 1 is 1.27 bits per heavy atom. The number of hydrogen-bond donors (Lipinski definition) is 0. The second-order valence-corrected chi connectivity index (χ2v) is 6.65. The molecule has 0 N–H and O–H groups in total. The summed E-state index contributed by atoms with van der Waals surface area (Å²) in [7, 11) is 0. The summed E-state index contributed by atoms with van der Waals surface area (Å²) in [5.74, 6) is 0.406. The SMILES string of the molecule is C=CC[C@@]1(C)C(=O)CC(C)(C)CC1(C)C. The average Bonchev–Trinajstić information content (AvgIpc) is 1.98. The Morgan fingerprint density at radius 3 is 2.20 bits per heavy atom. The van der Waals surface area contributed by atoms with Crippen molar-refractivity contribution in [1.29, 1.82) is 0 Å². The van der Waals surface area contributed by atoms with Crippen molar-refractivity contribution in [3.05, 3.63) is 12.7 Å². The average molecular weight is 208 g/mol. The molecule has 0 aromatic rings.